The Bertz CT molecular complexity index is 1080. The molecule has 0 N–H and O–H groups in total. The van der Waals surface area contributed by atoms with Crippen LogP contribution in [0.1, 0.15) is 54.5 Å². The molecule has 0 bridgehead atoms. The van der Waals surface area contributed by atoms with Crippen LogP contribution >= 0.6 is 0 Å². The molecule has 4 nitrogen and oxygen atoms in total. The fourth-order valence-electron chi connectivity index (χ4n) is 4.31. The van der Waals surface area contributed by atoms with Crippen molar-refractivity contribution in [2.75, 3.05) is 13.1 Å². The molecule has 0 radical (unpaired) electrons. The summed E-state index contributed by atoms with van der Waals surface area (Å²) in [6.07, 6.45) is 1.10. The summed E-state index contributed by atoms with van der Waals surface area (Å²) in [5.41, 5.74) is 2.19. The average molecular weight is 429 g/mol. The summed E-state index contributed by atoms with van der Waals surface area (Å²) in [6, 6.07) is 9.11. The number of benzene rings is 1. The number of pyridine rings is 1. The summed E-state index contributed by atoms with van der Waals surface area (Å²) in [7, 11) is 0. The highest BCUT2D eigenvalue weighted by molar-refractivity contribution is 5.78. The van der Waals surface area contributed by atoms with E-state index in [1.54, 1.807) is 12.3 Å². The lowest BCUT2D eigenvalue weighted by Crippen LogP contribution is -2.38. The maximum Gasteiger partial charge on any atom is 0.416 e. The number of amides is 1. The Labute approximate surface area is 179 Å². The highest BCUT2D eigenvalue weighted by Crippen LogP contribution is 2.35. The van der Waals surface area contributed by atoms with Crippen LogP contribution in [0.3, 0.4) is 0 Å². The lowest BCUT2D eigenvalue weighted by molar-refractivity contribution is -0.137. The Morgan fingerprint density at radius 1 is 1.19 bits per heavy atom. The van der Waals surface area contributed by atoms with Crippen LogP contribution in [0.15, 0.2) is 48.8 Å². The number of fused-ring (bicyclic) bond motifs is 1. The van der Waals surface area contributed by atoms with E-state index < -0.39 is 17.7 Å². The first-order chi connectivity index (χ1) is 14.7. The molecule has 1 unspecified atom stereocenters. The van der Waals surface area contributed by atoms with Gasteiger partial charge >= 0.3 is 6.18 Å². The first-order valence-corrected chi connectivity index (χ1v) is 10.6. The van der Waals surface area contributed by atoms with Gasteiger partial charge in [0.25, 0.3) is 0 Å². The smallest absolute Gasteiger partial charge is 0.343 e. The van der Waals surface area contributed by atoms with Gasteiger partial charge in [-0.1, -0.05) is 31.2 Å². The Morgan fingerprint density at radius 3 is 2.65 bits per heavy atom. The molecule has 0 spiro atoms. The van der Waals surface area contributed by atoms with Crippen LogP contribution in [-0.4, -0.2) is 33.3 Å². The molecule has 1 aliphatic rings. The molecule has 0 saturated carbocycles. The molecule has 1 fully saturated rings. The van der Waals surface area contributed by atoms with E-state index in [2.05, 4.69) is 11.9 Å². The van der Waals surface area contributed by atoms with Gasteiger partial charge in [-0.15, -0.1) is 0 Å². The normalized spacial score (nSPS) is 16.6. The molecule has 1 aliphatic heterocycles. The SMILES string of the molecule is Cc1cccn2c(C(CC(=O)N3CCC(C)CC3)c3cccc(C(F)(F)F)c3)cnc12. The predicted molar refractivity (Wildman–Crippen MR) is 113 cm³/mol. The van der Waals surface area contributed by atoms with Gasteiger partial charge in [0.05, 0.1) is 11.3 Å². The number of aryl methyl sites for hydroxylation is 1. The van der Waals surface area contributed by atoms with Crippen molar-refractivity contribution in [1.29, 1.82) is 0 Å². The van der Waals surface area contributed by atoms with Crippen molar-refractivity contribution in [3.63, 3.8) is 0 Å². The zero-order chi connectivity index (χ0) is 22.2. The zero-order valence-electron chi connectivity index (χ0n) is 17.7. The number of rotatable bonds is 4. The van der Waals surface area contributed by atoms with Gasteiger partial charge in [0, 0.05) is 37.8 Å². The molecular formula is C24H26F3N3O. The van der Waals surface area contributed by atoms with E-state index in [9.17, 15) is 18.0 Å². The number of piperidine rings is 1. The summed E-state index contributed by atoms with van der Waals surface area (Å²) in [4.78, 5) is 19.5. The molecule has 3 aromatic rings. The summed E-state index contributed by atoms with van der Waals surface area (Å²) in [5, 5.41) is 0. The second kappa shape index (κ2) is 8.36. The van der Waals surface area contributed by atoms with Crippen LogP contribution in [0.25, 0.3) is 5.65 Å². The molecule has 1 amide bonds. The van der Waals surface area contributed by atoms with Crippen molar-refractivity contribution < 1.29 is 18.0 Å². The van der Waals surface area contributed by atoms with Crippen LogP contribution in [-0.2, 0) is 11.0 Å². The molecule has 4 rings (SSSR count). The van der Waals surface area contributed by atoms with Crippen molar-refractivity contribution in [2.45, 2.75) is 45.2 Å². The molecule has 0 aliphatic carbocycles. The van der Waals surface area contributed by atoms with Gasteiger partial charge in [-0.25, -0.2) is 4.98 Å². The number of alkyl halides is 3. The van der Waals surface area contributed by atoms with Crippen molar-refractivity contribution in [3.8, 4) is 0 Å². The molecule has 2 aromatic heterocycles. The quantitative estimate of drug-likeness (QED) is 0.554. The fraction of sp³-hybridized carbons (Fsp3) is 0.417. The number of halogens is 3. The van der Waals surface area contributed by atoms with Crippen molar-refractivity contribution in [1.82, 2.24) is 14.3 Å². The van der Waals surface area contributed by atoms with E-state index in [0.717, 1.165) is 41.9 Å². The van der Waals surface area contributed by atoms with Crippen LogP contribution in [0, 0.1) is 12.8 Å². The molecule has 31 heavy (non-hydrogen) atoms. The fourth-order valence-corrected chi connectivity index (χ4v) is 4.31. The summed E-state index contributed by atoms with van der Waals surface area (Å²) >= 11 is 0. The van der Waals surface area contributed by atoms with Gasteiger partial charge in [0.15, 0.2) is 0 Å². The van der Waals surface area contributed by atoms with Gasteiger partial charge in [0.2, 0.25) is 5.91 Å². The number of nitrogens with zero attached hydrogens (tertiary/aromatic N) is 3. The number of imidazole rings is 1. The summed E-state index contributed by atoms with van der Waals surface area (Å²) < 4.78 is 42.0. The summed E-state index contributed by atoms with van der Waals surface area (Å²) in [5.74, 6) is 0.0351. The second-order valence-electron chi connectivity index (χ2n) is 8.51. The van der Waals surface area contributed by atoms with Crippen LogP contribution in [0.5, 0.6) is 0 Å². The predicted octanol–water partition coefficient (Wildman–Crippen LogP) is 5.44. The van der Waals surface area contributed by atoms with E-state index in [0.29, 0.717) is 24.6 Å². The van der Waals surface area contributed by atoms with Gasteiger partial charge < -0.3 is 9.30 Å². The third-order valence-corrected chi connectivity index (χ3v) is 6.25. The molecule has 164 valence electrons. The molecule has 7 heteroatoms. The largest absolute Gasteiger partial charge is 0.416 e. The molecular weight excluding hydrogens is 403 g/mol. The van der Waals surface area contributed by atoms with Crippen LogP contribution in [0.2, 0.25) is 0 Å². The highest BCUT2D eigenvalue weighted by Gasteiger charge is 2.32. The first kappa shape index (κ1) is 21.4. The van der Waals surface area contributed by atoms with Crippen molar-refractivity contribution >= 4 is 11.6 Å². The third kappa shape index (κ3) is 4.45. The van der Waals surface area contributed by atoms with Gasteiger partial charge in [-0.05, 0) is 48.9 Å². The standard InChI is InChI=1S/C24H26F3N3O/c1-16-8-11-29(12-9-16)22(31)14-20(18-6-3-7-19(13-18)24(25,26)27)21-15-28-23-17(2)5-4-10-30(21)23/h3-7,10,13,15-16,20H,8-9,11-12,14H2,1-2H3. The van der Waals surface area contributed by atoms with Gasteiger partial charge in [0.1, 0.15) is 5.65 Å². The first-order valence-electron chi connectivity index (χ1n) is 10.6. The molecule has 1 atom stereocenters. The molecule has 3 heterocycles. The minimum absolute atomic E-state index is 0.0306. The Morgan fingerprint density at radius 2 is 1.94 bits per heavy atom. The highest BCUT2D eigenvalue weighted by atomic mass is 19.4. The Hall–Kier alpha value is -2.83. The maximum absolute atomic E-state index is 13.4. The Balaban J connectivity index is 1.74. The lowest BCUT2D eigenvalue weighted by atomic mass is 9.90. The lowest BCUT2D eigenvalue weighted by Gasteiger charge is -2.31. The molecule has 1 aromatic carbocycles. The number of aromatic nitrogens is 2. The molecule has 1 saturated heterocycles. The van der Waals surface area contributed by atoms with E-state index >= 15 is 0 Å². The topological polar surface area (TPSA) is 37.6 Å². The average Bonchev–Trinajstić information content (AvgIpc) is 3.17. The number of hydrogen-bond acceptors (Lipinski definition) is 2. The zero-order valence-corrected chi connectivity index (χ0v) is 17.7. The maximum atomic E-state index is 13.4. The third-order valence-electron chi connectivity index (χ3n) is 6.25. The number of carbonyl (C=O) groups is 1. The van der Waals surface area contributed by atoms with Gasteiger partial charge in [-0.3, -0.25) is 4.79 Å². The van der Waals surface area contributed by atoms with Crippen LogP contribution < -0.4 is 0 Å². The number of hydrogen-bond donors (Lipinski definition) is 0. The van der Waals surface area contributed by atoms with E-state index in [1.807, 2.05) is 34.6 Å². The van der Waals surface area contributed by atoms with Gasteiger partial charge in [-0.2, -0.15) is 13.2 Å². The minimum Gasteiger partial charge on any atom is -0.343 e. The van der Waals surface area contributed by atoms with E-state index in [1.165, 1.54) is 6.07 Å². The minimum atomic E-state index is -4.44. The second-order valence-corrected chi connectivity index (χ2v) is 8.51. The number of likely N-dealkylation sites (tertiary alicyclic amines) is 1. The van der Waals surface area contributed by atoms with E-state index in [-0.39, 0.29) is 12.3 Å². The number of carbonyl (C=O) groups excluding carboxylic acids is 1. The van der Waals surface area contributed by atoms with Crippen LogP contribution in [0.4, 0.5) is 13.2 Å². The van der Waals surface area contributed by atoms with Crippen molar-refractivity contribution in [2.24, 2.45) is 5.92 Å². The Kier molecular flexibility index (Phi) is 5.77. The monoisotopic (exact) mass is 429 g/mol. The van der Waals surface area contributed by atoms with E-state index in [4.69, 9.17) is 0 Å². The summed E-state index contributed by atoms with van der Waals surface area (Å²) in [6.45, 7) is 5.50. The van der Waals surface area contributed by atoms with Crippen molar-refractivity contribution in [3.05, 3.63) is 71.2 Å².